The first-order chi connectivity index (χ1) is 7.72. The first kappa shape index (κ1) is 11.0. The highest BCUT2D eigenvalue weighted by Gasteiger charge is 2.17. The fourth-order valence-electron chi connectivity index (χ4n) is 1.81. The molecule has 1 atom stereocenters. The van der Waals surface area contributed by atoms with Gasteiger partial charge in [-0.3, -0.25) is 4.79 Å². The number of nitrogens with one attached hydrogen (secondary N) is 1. The van der Waals surface area contributed by atoms with Gasteiger partial charge in [-0.1, -0.05) is 19.9 Å². The molecule has 1 unspecified atom stereocenters. The second kappa shape index (κ2) is 4.56. The molecule has 1 N–H and O–H groups in total. The molecule has 0 bridgehead atoms. The molecule has 0 aromatic heterocycles. The highest BCUT2D eigenvalue weighted by atomic mass is 16.5. The van der Waals surface area contributed by atoms with E-state index in [4.69, 9.17) is 4.74 Å². The number of carbonyl (C=O) groups excluding carboxylic acids is 1. The zero-order chi connectivity index (χ0) is 11.5. The lowest BCUT2D eigenvalue weighted by Crippen LogP contribution is -2.24. The summed E-state index contributed by atoms with van der Waals surface area (Å²) in [5.41, 5.74) is 1.88. The van der Waals surface area contributed by atoms with E-state index in [9.17, 15) is 4.79 Å². The van der Waals surface area contributed by atoms with Crippen LogP contribution in [0.4, 0.5) is 0 Å². The summed E-state index contributed by atoms with van der Waals surface area (Å²) in [6, 6.07) is 5.87. The molecule has 1 aromatic carbocycles. The molecule has 3 nitrogen and oxygen atoms in total. The van der Waals surface area contributed by atoms with Gasteiger partial charge in [0.2, 0.25) is 0 Å². The van der Waals surface area contributed by atoms with Crippen LogP contribution in [0.5, 0.6) is 5.75 Å². The number of fused-ring (bicyclic) bond motifs is 1. The maximum absolute atomic E-state index is 11.7. The van der Waals surface area contributed by atoms with Gasteiger partial charge in [-0.05, 0) is 30.0 Å². The summed E-state index contributed by atoms with van der Waals surface area (Å²) in [7, 11) is 0. The van der Waals surface area contributed by atoms with Crippen LogP contribution < -0.4 is 10.1 Å². The number of rotatable bonds is 2. The van der Waals surface area contributed by atoms with Gasteiger partial charge in [-0.25, -0.2) is 0 Å². The van der Waals surface area contributed by atoms with E-state index in [0.717, 1.165) is 6.42 Å². The lowest BCUT2D eigenvalue weighted by atomic mass is 9.97. The van der Waals surface area contributed by atoms with Gasteiger partial charge in [-0.2, -0.15) is 0 Å². The number of carbonyl (C=O) groups is 1. The van der Waals surface area contributed by atoms with Gasteiger partial charge in [0.15, 0.2) is 0 Å². The third-order valence-electron chi connectivity index (χ3n) is 3.08. The SMILES string of the molecule is CCC(C)c1ccc2c(c1)OCCNC2=O.[HH]. The molecule has 0 aliphatic carbocycles. The molecule has 0 spiro atoms. The van der Waals surface area contributed by atoms with Crippen molar-refractivity contribution < 1.29 is 11.0 Å². The molecule has 0 saturated carbocycles. The number of hydrogen-bond acceptors (Lipinski definition) is 2. The van der Waals surface area contributed by atoms with E-state index in [0.29, 0.717) is 30.4 Å². The molecular weight excluding hydrogens is 202 g/mol. The average Bonchev–Trinajstić information content (AvgIpc) is 2.50. The molecule has 0 radical (unpaired) electrons. The Hall–Kier alpha value is -1.51. The van der Waals surface area contributed by atoms with Crippen molar-refractivity contribution >= 4 is 5.91 Å². The molecule has 0 saturated heterocycles. The van der Waals surface area contributed by atoms with E-state index in [1.54, 1.807) is 0 Å². The molecule has 16 heavy (non-hydrogen) atoms. The molecule has 3 heteroatoms. The summed E-state index contributed by atoms with van der Waals surface area (Å²) in [5, 5.41) is 2.80. The predicted octanol–water partition coefficient (Wildman–Crippen LogP) is 2.57. The molecule has 0 fully saturated rings. The van der Waals surface area contributed by atoms with E-state index < -0.39 is 0 Å². The smallest absolute Gasteiger partial charge is 0.255 e. The number of amides is 1. The van der Waals surface area contributed by atoms with Crippen LogP contribution in [-0.2, 0) is 0 Å². The fraction of sp³-hybridized carbons (Fsp3) is 0.462. The summed E-state index contributed by atoms with van der Waals surface area (Å²) in [4.78, 5) is 11.7. The standard InChI is InChI=1S/C13H17NO2.H2/c1-3-9(2)10-4-5-11-12(8-10)16-7-6-14-13(11)15;/h4-5,8-9H,3,6-7H2,1-2H3,(H,14,15);1H. The van der Waals surface area contributed by atoms with E-state index in [-0.39, 0.29) is 7.33 Å². The fourth-order valence-corrected chi connectivity index (χ4v) is 1.81. The van der Waals surface area contributed by atoms with Gasteiger partial charge in [0.05, 0.1) is 12.1 Å². The second-order valence-electron chi connectivity index (χ2n) is 4.17. The summed E-state index contributed by atoms with van der Waals surface area (Å²) in [6.45, 7) is 5.46. The first-order valence-electron chi connectivity index (χ1n) is 5.77. The Morgan fingerprint density at radius 3 is 3.12 bits per heavy atom. The van der Waals surface area contributed by atoms with Crippen LogP contribution in [0.2, 0.25) is 0 Å². The minimum Gasteiger partial charge on any atom is -0.491 e. The maximum Gasteiger partial charge on any atom is 0.255 e. The molecule has 88 valence electrons. The summed E-state index contributed by atoms with van der Waals surface area (Å²) >= 11 is 0. The molecule has 1 heterocycles. The lowest BCUT2D eigenvalue weighted by molar-refractivity contribution is 0.0957. The van der Waals surface area contributed by atoms with Crippen molar-refractivity contribution in [2.24, 2.45) is 0 Å². The Morgan fingerprint density at radius 2 is 2.38 bits per heavy atom. The largest absolute Gasteiger partial charge is 0.491 e. The van der Waals surface area contributed by atoms with Gasteiger partial charge < -0.3 is 10.1 Å². The van der Waals surface area contributed by atoms with Gasteiger partial charge in [0.1, 0.15) is 12.4 Å². The molecule has 1 aromatic rings. The summed E-state index contributed by atoms with van der Waals surface area (Å²) < 4.78 is 5.57. The third kappa shape index (κ3) is 2.03. The van der Waals surface area contributed by atoms with Gasteiger partial charge >= 0.3 is 0 Å². The van der Waals surface area contributed by atoms with Crippen LogP contribution >= 0.6 is 0 Å². The van der Waals surface area contributed by atoms with Crippen molar-refractivity contribution in [2.45, 2.75) is 26.2 Å². The predicted molar refractivity (Wildman–Crippen MR) is 65.1 cm³/mol. The molecule has 1 aliphatic rings. The highest BCUT2D eigenvalue weighted by Crippen LogP contribution is 2.27. The van der Waals surface area contributed by atoms with Crippen LogP contribution in [0.1, 0.15) is 43.5 Å². The Balaban J connectivity index is 0.00000144. The Morgan fingerprint density at radius 1 is 1.56 bits per heavy atom. The van der Waals surface area contributed by atoms with Crippen molar-refractivity contribution in [1.82, 2.24) is 5.32 Å². The summed E-state index contributed by atoms with van der Waals surface area (Å²) in [5.74, 6) is 1.18. The zero-order valence-electron chi connectivity index (χ0n) is 9.75. The summed E-state index contributed by atoms with van der Waals surface area (Å²) in [6.07, 6.45) is 1.09. The third-order valence-corrected chi connectivity index (χ3v) is 3.08. The van der Waals surface area contributed by atoms with Crippen LogP contribution in [0, 0.1) is 0 Å². The quantitative estimate of drug-likeness (QED) is 0.833. The Kier molecular flexibility index (Phi) is 3.13. The average molecular weight is 221 g/mol. The van der Waals surface area contributed by atoms with E-state index >= 15 is 0 Å². The van der Waals surface area contributed by atoms with Crippen LogP contribution in [0.25, 0.3) is 0 Å². The van der Waals surface area contributed by atoms with Gasteiger partial charge in [0.25, 0.3) is 5.91 Å². The minimum atomic E-state index is -0.0387. The normalized spacial score (nSPS) is 16.8. The van der Waals surface area contributed by atoms with E-state index in [2.05, 4.69) is 19.2 Å². The monoisotopic (exact) mass is 221 g/mol. The lowest BCUT2D eigenvalue weighted by Gasteiger charge is -2.12. The Bertz CT molecular complexity index is 406. The topological polar surface area (TPSA) is 38.3 Å². The number of ether oxygens (including phenoxy) is 1. The van der Waals surface area contributed by atoms with Crippen molar-refractivity contribution in [3.63, 3.8) is 0 Å². The highest BCUT2D eigenvalue weighted by molar-refractivity contribution is 5.97. The molecular formula is C13H19NO2. The van der Waals surface area contributed by atoms with Crippen LogP contribution in [0.15, 0.2) is 18.2 Å². The van der Waals surface area contributed by atoms with Crippen molar-refractivity contribution in [3.05, 3.63) is 29.3 Å². The van der Waals surface area contributed by atoms with Gasteiger partial charge in [-0.15, -0.1) is 0 Å². The van der Waals surface area contributed by atoms with Crippen LogP contribution in [0.3, 0.4) is 0 Å². The molecule has 1 amide bonds. The zero-order valence-corrected chi connectivity index (χ0v) is 9.75. The van der Waals surface area contributed by atoms with Crippen LogP contribution in [-0.4, -0.2) is 19.1 Å². The number of hydrogen-bond donors (Lipinski definition) is 1. The van der Waals surface area contributed by atoms with E-state index in [1.807, 2.05) is 18.2 Å². The van der Waals surface area contributed by atoms with Gasteiger partial charge in [0, 0.05) is 1.43 Å². The van der Waals surface area contributed by atoms with E-state index in [1.165, 1.54) is 5.56 Å². The van der Waals surface area contributed by atoms with Crippen molar-refractivity contribution in [2.75, 3.05) is 13.2 Å². The first-order valence-corrected chi connectivity index (χ1v) is 5.77. The molecule has 2 rings (SSSR count). The second-order valence-corrected chi connectivity index (χ2v) is 4.17. The number of benzene rings is 1. The van der Waals surface area contributed by atoms with Crippen molar-refractivity contribution in [3.8, 4) is 5.75 Å². The Labute approximate surface area is 97.3 Å². The van der Waals surface area contributed by atoms with Crippen molar-refractivity contribution in [1.29, 1.82) is 0 Å². The molecule has 1 aliphatic heterocycles. The minimum absolute atomic E-state index is 0. The maximum atomic E-state index is 11.7.